The van der Waals surface area contributed by atoms with Crippen molar-refractivity contribution in [2.45, 2.75) is 110 Å². The van der Waals surface area contributed by atoms with E-state index < -0.39 is 54.0 Å². The van der Waals surface area contributed by atoms with Gasteiger partial charge in [0.2, 0.25) is 23.6 Å². The third kappa shape index (κ3) is 14.9. The Hall–Kier alpha value is -3.51. The molecule has 45 heavy (non-hydrogen) atoms. The van der Waals surface area contributed by atoms with Crippen LogP contribution in [0.25, 0.3) is 0 Å². The van der Waals surface area contributed by atoms with Gasteiger partial charge >= 0.3 is 5.97 Å². The van der Waals surface area contributed by atoms with Crippen LogP contribution in [0.3, 0.4) is 0 Å². The van der Waals surface area contributed by atoms with Crippen molar-refractivity contribution >= 4 is 29.6 Å². The second kappa shape index (κ2) is 20.5. The molecule has 0 radical (unpaired) electrons. The van der Waals surface area contributed by atoms with Crippen LogP contribution in [0, 0.1) is 17.8 Å². The summed E-state index contributed by atoms with van der Waals surface area (Å²) in [6.45, 7) is 11.4. The largest absolute Gasteiger partial charge is 0.467 e. The number of aliphatic hydroxyl groups is 1. The highest BCUT2D eigenvalue weighted by molar-refractivity contribution is 5.92. The zero-order valence-corrected chi connectivity index (χ0v) is 27.9. The first-order chi connectivity index (χ1) is 21.2. The summed E-state index contributed by atoms with van der Waals surface area (Å²) in [7, 11) is 1.23. The highest BCUT2D eigenvalue weighted by atomic mass is 16.5. The molecule has 0 fully saturated rings. The molecule has 0 heterocycles. The van der Waals surface area contributed by atoms with Gasteiger partial charge in [-0.1, -0.05) is 78.3 Å². The van der Waals surface area contributed by atoms with E-state index in [0.717, 1.165) is 5.56 Å². The molecule has 0 aliphatic carbocycles. The summed E-state index contributed by atoms with van der Waals surface area (Å²) in [6.07, 6.45) is 0.360. The fraction of sp³-hybridized carbons (Fsp3) is 0.667. The number of unbranched alkanes of at least 4 members (excludes halogenated alkanes) is 1. The zero-order chi connectivity index (χ0) is 34.1. The fourth-order valence-corrected chi connectivity index (χ4v) is 4.83. The Morgan fingerprint density at radius 3 is 1.87 bits per heavy atom. The third-order valence-corrected chi connectivity index (χ3v) is 7.37. The molecule has 12 heteroatoms. The van der Waals surface area contributed by atoms with Gasteiger partial charge in [-0.05, 0) is 42.7 Å². The van der Waals surface area contributed by atoms with E-state index in [4.69, 9.17) is 10.5 Å². The molecule has 1 aromatic carbocycles. The molecule has 7 N–H and O–H groups in total. The number of carbonyl (C=O) groups is 5. The number of hydrogen-bond acceptors (Lipinski definition) is 8. The number of methoxy groups -OCH3 is 1. The van der Waals surface area contributed by atoms with Crippen LogP contribution in [0.2, 0.25) is 0 Å². The smallest absolute Gasteiger partial charge is 0.328 e. The molecule has 0 saturated carbocycles. The van der Waals surface area contributed by atoms with Gasteiger partial charge in [0.05, 0.1) is 25.7 Å². The summed E-state index contributed by atoms with van der Waals surface area (Å²) in [5, 5.41) is 22.1. The van der Waals surface area contributed by atoms with Crippen molar-refractivity contribution < 1.29 is 33.8 Å². The Morgan fingerprint density at radius 1 is 0.778 bits per heavy atom. The van der Waals surface area contributed by atoms with E-state index in [2.05, 4.69) is 21.3 Å². The van der Waals surface area contributed by atoms with Crippen LogP contribution in [0.1, 0.15) is 79.2 Å². The van der Waals surface area contributed by atoms with Crippen LogP contribution in [0.4, 0.5) is 0 Å². The average molecular weight is 634 g/mol. The van der Waals surface area contributed by atoms with Crippen LogP contribution in [0.15, 0.2) is 30.3 Å². The van der Waals surface area contributed by atoms with Crippen LogP contribution in [-0.4, -0.2) is 78.6 Å². The monoisotopic (exact) mass is 633 g/mol. The Bertz CT molecular complexity index is 1080. The molecule has 5 atom stereocenters. The summed E-state index contributed by atoms with van der Waals surface area (Å²) in [6, 6.07) is 5.55. The van der Waals surface area contributed by atoms with Gasteiger partial charge in [-0.15, -0.1) is 0 Å². The van der Waals surface area contributed by atoms with Crippen molar-refractivity contribution in [3.63, 3.8) is 0 Å². The van der Waals surface area contributed by atoms with Crippen molar-refractivity contribution in [1.82, 2.24) is 21.3 Å². The van der Waals surface area contributed by atoms with Gasteiger partial charge in [0.1, 0.15) is 18.1 Å². The quantitative estimate of drug-likeness (QED) is 0.0922. The molecule has 12 nitrogen and oxygen atoms in total. The molecule has 0 saturated heterocycles. The molecule has 254 valence electrons. The number of nitrogens with one attached hydrogen (secondary N) is 4. The topological polar surface area (TPSA) is 189 Å². The highest BCUT2D eigenvalue weighted by Crippen LogP contribution is 2.13. The predicted molar refractivity (Wildman–Crippen MR) is 173 cm³/mol. The molecule has 4 amide bonds. The number of benzene rings is 1. The highest BCUT2D eigenvalue weighted by Gasteiger charge is 2.33. The lowest BCUT2D eigenvalue weighted by Crippen LogP contribution is -2.59. The minimum atomic E-state index is -1.29. The van der Waals surface area contributed by atoms with Gasteiger partial charge in [-0.3, -0.25) is 19.2 Å². The summed E-state index contributed by atoms with van der Waals surface area (Å²) in [4.78, 5) is 64.5. The van der Waals surface area contributed by atoms with Gasteiger partial charge in [-0.2, -0.15) is 0 Å². The number of nitrogens with two attached hydrogens (primary N) is 1. The van der Waals surface area contributed by atoms with Gasteiger partial charge in [-0.25, -0.2) is 4.79 Å². The predicted octanol–water partition coefficient (Wildman–Crippen LogP) is 1.58. The number of aliphatic hydroxyl groups excluding tert-OH is 1. The zero-order valence-electron chi connectivity index (χ0n) is 27.9. The minimum Gasteiger partial charge on any atom is -0.467 e. The van der Waals surface area contributed by atoms with Gasteiger partial charge in [0.25, 0.3) is 0 Å². The summed E-state index contributed by atoms with van der Waals surface area (Å²) in [5.41, 5.74) is 6.47. The Morgan fingerprint density at radius 2 is 1.33 bits per heavy atom. The fourth-order valence-electron chi connectivity index (χ4n) is 4.83. The van der Waals surface area contributed by atoms with Gasteiger partial charge in [0, 0.05) is 12.8 Å². The lowest BCUT2D eigenvalue weighted by Gasteiger charge is -2.30. The minimum absolute atomic E-state index is 0.120. The van der Waals surface area contributed by atoms with Crippen LogP contribution in [-0.2, 0) is 35.1 Å². The van der Waals surface area contributed by atoms with Crippen molar-refractivity contribution in [3.8, 4) is 0 Å². The maximum Gasteiger partial charge on any atom is 0.328 e. The molecule has 1 rings (SSSR count). The molecule has 0 bridgehead atoms. The first-order valence-corrected chi connectivity index (χ1v) is 15.9. The normalized spacial score (nSPS) is 14.7. The van der Waals surface area contributed by atoms with E-state index in [1.54, 1.807) is 13.8 Å². The number of esters is 1. The van der Waals surface area contributed by atoms with E-state index in [-0.39, 0.29) is 42.9 Å². The SMILES string of the molecule is COC(=O)C(Cc1ccccc1)NC(=O)C[C@H](O)[C@H](CCCCN)NC(=O)[C@H](NC(=O)C(NC(=O)CC(C)C)C(C)C)C(C)C. The third-order valence-electron chi connectivity index (χ3n) is 7.37. The maximum absolute atomic E-state index is 13.5. The van der Waals surface area contributed by atoms with Gasteiger partial charge < -0.3 is 36.8 Å². The first-order valence-electron chi connectivity index (χ1n) is 15.9. The Balaban J connectivity index is 3.02. The summed E-state index contributed by atoms with van der Waals surface area (Å²) >= 11 is 0. The molecule has 0 aromatic heterocycles. The molecule has 0 aliphatic heterocycles. The molecular formula is C33H55N5O7. The number of hydrogen-bond donors (Lipinski definition) is 6. The Labute approximate surface area is 268 Å². The van der Waals surface area contributed by atoms with Crippen molar-refractivity contribution in [1.29, 1.82) is 0 Å². The van der Waals surface area contributed by atoms with Crippen molar-refractivity contribution in [2.24, 2.45) is 23.5 Å². The number of rotatable bonds is 20. The van der Waals surface area contributed by atoms with Crippen molar-refractivity contribution in [2.75, 3.05) is 13.7 Å². The summed E-state index contributed by atoms with van der Waals surface area (Å²) in [5.74, 6) is -2.89. The van der Waals surface area contributed by atoms with Gasteiger partial charge in [0.15, 0.2) is 0 Å². The van der Waals surface area contributed by atoms with E-state index in [0.29, 0.717) is 25.8 Å². The number of ether oxygens (including phenoxy) is 1. The Kier molecular flexibility index (Phi) is 18.0. The van der Waals surface area contributed by atoms with E-state index in [9.17, 15) is 29.1 Å². The van der Waals surface area contributed by atoms with Crippen molar-refractivity contribution in [3.05, 3.63) is 35.9 Å². The maximum atomic E-state index is 13.5. The average Bonchev–Trinajstić information content (AvgIpc) is 2.96. The number of amides is 4. The van der Waals surface area contributed by atoms with E-state index in [1.807, 2.05) is 58.0 Å². The van der Waals surface area contributed by atoms with E-state index in [1.165, 1.54) is 7.11 Å². The standard InChI is InChI=1S/C33H55N5O7/c1-20(2)17-27(40)37-29(21(3)4)32(43)38-30(22(5)6)31(42)36-24(15-11-12-16-34)26(39)19-28(41)35-25(33(44)45-7)18-23-13-9-8-10-14-23/h8-10,13-14,20-22,24-26,29-30,39H,11-12,15-19,34H2,1-7H3,(H,35,41)(H,36,42)(H,37,40)(H,38,43)/t24-,25?,26-,29?,30+/m0/s1. The number of carbonyl (C=O) groups excluding carboxylic acids is 5. The molecule has 0 spiro atoms. The molecule has 2 unspecified atom stereocenters. The summed E-state index contributed by atoms with van der Waals surface area (Å²) < 4.78 is 4.86. The first kappa shape index (κ1) is 39.5. The molecule has 1 aromatic rings. The second-order valence-corrected chi connectivity index (χ2v) is 12.6. The molecular weight excluding hydrogens is 578 g/mol. The van der Waals surface area contributed by atoms with Crippen LogP contribution < -0.4 is 27.0 Å². The van der Waals surface area contributed by atoms with E-state index >= 15 is 0 Å². The lowest BCUT2D eigenvalue weighted by atomic mass is 9.97. The second-order valence-electron chi connectivity index (χ2n) is 12.6. The van der Waals surface area contributed by atoms with Crippen LogP contribution >= 0.6 is 0 Å². The molecule has 0 aliphatic rings. The van der Waals surface area contributed by atoms with Crippen LogP contribution in [0.5, 0.6) is 0 Å². The lowest BCUT2D eigenvalue weighted by molar-refractivity contribution is -0.145.